The fourth-order valence-corrected chi connectivity index (χ4v) is 11.8. The Morgan fingerprint density at radius 1 is 0.317 bits per heavy atom. The topological polar surface area (TPSA) is 38.9 Å². The quantitative estimate of drug-likeness (QED) is 0.167. The molecule has 0 saturated carbocycles. The lowest BCUT2D eigenvalue weighted by Crippen LogP contribution is -1.97. The minimum absolute atomic E-state index is 0.679. The molecule has 0 amide bonds. The molecule has 13 aromatic rings. The van der Waals surface area contributed by atoms with Crippen molar-refractivity contribution < 1.29 is 4.42 Å². The molecule has 0 aliphatic heterocycles. The first kappa shape index (κ1) is 36.0. The summed E-state index contributed by atoms with van der Waals surface area (Å²) in [5.74, 6) is 0.679. The smallest absolute Gasteiger partial charge is 0.160 e. The van der Waals surface area contributed by atoms with Gasteiger partial charge in [-0.05, 0) is 76.3 Å². The molecule has 0 unspecified atom stereocenters. The molecule has 3 nitrogen and oxygen atoms in total. The maximum Gasteiger partial charge on any atom is 0.160 e. The number of furan rings is 1. The summed E-state index contributed by atoms with van der Waals surface area (Å²) >= 11 is 3.72. The summed E-state index contributed by atoms with van der Waals surface area (Å²) in [6.07, 6.45) is 0. The predicted molar refractivity (Wildman–Crippen MR) is 268 cm³/mol. The first-order valence-corrected chi connectivity index (χ1v) is 22.8. The van der Waals surface area contributed by atoms with Crippen LogP contribution in [0.25, 0.3) is 130 Å². The fourth-order valence-electron chi connectivity index (χ4n) is 9.32. The normalized spacial score (nSPS) is 11.8. The average Bonchev–Trinajstić information content (AvgIpc) is 4.06. The molecule has 0 aliphatic rings. The highest BCUT2D eigenvalue weighted by molar-refractivity contribution is 7.26. The van der Waals surface area contributed by atoms with Crippen molar-refractivity contribution in [2.75, 3.05) is 0 Å². The molecule has 4 heterocycles. The zero-order valence-corrected chi connectivity index (χ0v) is 35.4. The van der Waals surface area contributed by atoms with E-state index in [1.165, 1.54) is 51.5 Å². The lowest BCUT2D eigenvalue weighted by atomic mass is 9.93. The van der Waals surface area contributed by atoms with E-state index in [1.807, 2.05) is 40.9 Å². The number of hydrogen-bond donors (Lipinski definition) is 0. The first-order valence-electron chi connectivity index (χ1n) is 21.1. The van der Waals surface area contributed by atoms with Gasteiger partial charge in [-0.3, -0.25) is 0 Å². The van der Waals surface area contributed by atoms with Gasteiger partial charge in [0.25, 0.3) is 0 Å². The van der Waals surface area contributed by atoms with Crippen LogP contribution in [0.1, 0.15) is 0 Å². The van der Waals surface area contributed by atoms with E-state index < -0.39 is 0 Å². The molecule has 9 aromatic carbocycles. The van der Waals surface area contributed by atoms with Crippen molar-refractivity contribution in [2.24, 2.45) is 0 Å². The molecule has 0 bridgehead atoms. The summed E-state index contributed by atoms with van der Waals surface area (Å²) in [4.78, 5) is 10.7. The van der Waals surface area contributed by atoms with Crippen molar-refractivity contribution in [3.63, 3.8) is 0 Å². The summed E-state index contributed by atoms with van der Waals surface area (Å²) < 4.78 is 11.6. The number of aromatic nitrogens is 2. The van der Waals surface area contributed by atoms with Crippen LogP contribution in [0.4, 0.5) is 0 Å². The van der Waals surface area contributed by atoms with Crippen molar-refractivity contribution >= 4 is 85.0 Å². The van der Waals surface area contributed by atoms with Gasteiger partial charge in [0.05, 0.1) is 11.4 Å². The molecular formula is C58H34N2OS2. The van der Waals surface area contributed by atoms with Crippen molar-refractivity contribution in [2.45, 2.75) is 0 Å². The first-order chi connectivity index (χ1) is 31.2. The molecular weight excluding hydrogens is 805 g/mol. The van der Waals surface area contributed by atoms with E-state index in [9.17, 15) is 0 Å². The van der Waals surface area contributed by atoms with E-state index in [-0.39, 0.29) is 0 Å². The fraction of sp³-hybridized carbons (Fsp3) is 0. The van der Waals surface area contributed by atoms with Crippen molar-refractivity contribution in [1.29, 1.82) is 0 Å². The number of thiophene rings is 2. The van der Waals surface area contributed by atoms with E-state index in [2.05, 4.69) is 188 Å². The minimum Gasteiger partial charge on any atom is -0.455 e. The Labute approximate surface area is 370 Å². The third-order valence-corrected chi connectivity index (χ3v) is 14.7. The van der Waals surface area contributed by atoms with E-state index in [4.69, 9.17) is 14.4 Å². The third-order valence-electron chi connectivity index (χ3n) is 12.3. The predicted octanol–water partition coefficient (Wildman–Crippen LogP) is 17.1. The van der Waals surface area contributed by atoms with Crippen LogP contribution in [0.15, 0.2) is 211 Å². The molecule has 0 N–H and O–H groups in total. The summed E-state index contributed by atoms with van der Waals surface area (Å²) in [7, 11) is 0. The Kier molecular flexibility index (Phi) is 8.26. The van der Waals surface area contributed by atoms with E-state index >= 15 is 0 Å². The molecule has 63 heavy (non-hydrogen) atoms. The van der Waals surface area contributed by atoms with Crippen LogP contribution < -0.4 is 0 Å². The highest BCUT2D eigenvalue weighted by atomic mass is 32.1. The van der Waals surface area contributed by atoms with Gasteiger partial charge in [0.2, 0.25) is 0 Å². The summed E-state index contributed by atoms with van der Waals surface area (Å²) in [6.45, 7) is 0. The third kappa shape index (κ3) is 6.00. The minimum atomic E-state index is 0.679. The molecule has 0 spiro atoms. The van der Waals surface area contributed by atoms with Crippen molar-refractivity contribution in [1.82, 2.24) is 9.97 Å². The van der Waals surface area contributed by atoms with Gasteiger partial charge < -0.3 is 4.42 Å². The van der Waals surface area contributed by atoms with Crippen LogP contribution in [0.2, 0.25) is 0 Å². The SMILES string of the molecule is c1ccc(-c2nc(-c3cccc(-c4cccc5c4oc4ccccc45)c3)cc(-c3cc(-c4cccc5c4sc4ccccc45)cc(-c4cccc5c4sc4ccccc45)c3)n2)cc1. The van der Waals surface area contributed by atoms with Gasteiger partial charge in [0.15, 0.2) is 5.82 Å². The number of benzene rings is 9. The zero-order chi connectivity index (χ0) is 41.4. The van der Waals surface area contributed by atoms with Crippen LogP contribution in [0, 0.1) is 0 Å². The van der Waals surface area contributed by atoms with Gasteiger partial charge >= 0.3 is 0 Å². The Morgan fingerprint density at radius 2 is 0.794 bits per heavy atom. The second-order valence-corrected chi connectivity index (χ2v) is 18.2. The average molecular weight is 839 g/mol. The van der Waals surface area contributed by atoms with Gasteiger partial charge in [0, 0.05) is 73.4 Å². The van der Waals surface area contributed by atoms with Crippen LogP contribution in [-0.2, 0) is 0 Å². The van der Waals surface area contributed by atoms with Gasteiger partial charge in [-0.15, -0.1) is 22.7 Å². The summed E-state index contributed by atoms with van der Waals surface area (Å²) in [5.41, 5.74) is 13.3. The van der Waals surface area contributed by atoms with Crippen molar-refractivity contribution in [3.8, 4) is 67.3 Å². The molecule has 0 aliphatic carbocycles. The van der Waals surface area contributed by atoms with Crippen LogP contribution in [0.3, 0.4) is 0 Å². The number of para-hydroxylation sites is 2. The highest BCUT2D eigenvalue weighted by Crippen LogP contribution is 2.45. The number of rotatable bonds is 6. The summed E-state index contributed by atoms with van der Waals surface area (Å²) in [5, 5.41) is 7.36. The molecule has 0 atom stereocenters. The largest absolute Gasteiger partial charge is 0.455 e. The van der Waals surface area contributed by atoms with Crippen LogP contribution in [-0.4, -0.2) is 9.97 Å². The maximum atomic E-state index is 6.50. The van der Waals surface area contributed by atoms with Gasteiger partial charge in [0.1, 0.15) is 11.2 Å². The Hall–Kier alpha value is -7.70. The Bertz CT molecular complexity index is 3800. The second-order valence-electron chi connectivity index (χ2n) is 16.0. The highest BCUT2D eigenvalue weighted by Gasteiger charge is 2.19. The van der Waals surface area contributed by atoms with Gasteiger partial charge in [-0.25, -0.2) is 9.97 Å². The molecule has 13 rings (SSSR count). The zero-order valence-electron chi connectivity index (χ0n) is 33.7. The Morgan fingerprint density at radius 3 is 1.48 bits per heavy atom. The Balaban J connectivity index is 1.04. The molecule has 294 valence electrons. The van der Waals surface area contributed by atoms with Crippen LogP contribution in [0.5, 0.6) is 0 Å². The monoisotopic (exact) mass is 838 g/mol. The van der Waals surface area contributed by atoms with Crippen LogP contribution >= 0.6 is 22.7 Å². The molecule has 0 fully saturated rings. The van der Waals surface area contributed by atoms with Gasteiger partial charge in [-0.1, -0.05) is 158 Å². The lowest BCUT2D eigenvalue weighted by Gasteiger charge is -2.14. The maximum absolute atomic E-state index is 6.50. The van der Waals surface area contributed by atoms with Gasteiger partial charge in [-0.2, -0.15) is 0 Å². The molecule has 0 saturated heterocycles. The lowest BCUT2D eigenvalue weighted by molar-refractivity contribution is 0.670. The standard InChI is InChI=1S/C58H34N2OS2/c1-2-14-35(15-3-1)58-59-50(37-17-10-16-36(30-37)41-21-11-24-47-44-18-4-7-27-52(44)61-55(41)47)34-51(60-58)40-32-38(42-22-12-25-48-45-19-5-8-28-53(45)62-56(42)48)31-39(33-40)43-23-13-26-49-46-20-6-9-29-54(46)63-57(43)49/h1-34H. The molecule has 5 heteroatoms. The van der Waals surface area contributed by atoms with Crippen molar-refractivity contribution in [3.05, 3.63) is 206 Å². The van der Waals surface area contributed by atoms with E-state index in [1.54, 1.807) is 0 Å². The number of nitrogens with zero attached hydrogens (tertiary/aromatic N) is 2. The number of hydrogen-bond acceptors (Lipinski definition) is 5. The molecule has 0 radical (unpaired) electrons. The number of fused-ring (bicyclic) bond motifs is 9. The van der Waals surface area contributed by atoms with E-state index in [0.717, 1.165) is 72.3 Å². The summed E-state index contributed by atoms with van der Waals surface area (Å²) in [6, 6.07) is 73.8. The molecule has 4 aromatic heterocycles. The second kappa shape index (κ2) is 14.5. The van der Waals surface area contributed by atoms with E-state index in [0.29, 0.717) is 5.82 Å².